The van der Waals surface area contributed by atoms with Gasteiger partial charge >= 0.3 is 6.36 Å². The number of halogens is 3. The van der Waals surface area contributed by atoms with E-state index in [1.54, 1.807) is 16.9 Å². The third-order valence-electron chi connectivity index (χ3n) is 4.99. The van der Waals surface area contributed by atoms with Gasteiger partial charge in [-0.05, 0) is 56.0 Å². The van der Waals surface area contributed by atoms with Crippen molar-refractivity contribution >= 4 is 22.4 Å². The third kappa shape index (κ3) is 4.21. The van der Waals surface area contributed by atoms with Crippen LogP contribution in [0.15, 0.2) is 41.3 Å². The van der Waals surface area contributed by atoms with Crippen LogP contribution in [-0.4, -0.2) is 32.3 Å². The quantitative estimate of drug-likeness (QED) is 0.610. The second-order valence-electron chi connectivity index (χ2n) is 7.02. The van der Waals surface area contributed by atoms with Crippen LogP contribution in [0.5, 0.6) is 5.75 Å². The molecule has 0 unspecified atom stereocenters. The molecule has 0 saturated heterocycles. The normalized spacial score (nSPS) is 20.0. The SMILES string of the molecule is O=c1[nH]ccc2c1c(Nc1ccc(OC(F)(F)F)cc1)nn2C1CCC(O)CC1. The maximum absolute atomic E-state index is 12.4. The van der Waals surface area contributed by atoms with Crippen molar-refractivity contribution in [2.45, 2.75) is 44.2 Å². The van der Waals surface area contributed by atoms with E-state index in [0.717, 1.165) is 12.8 Å². The van der Waals surface area contributed by atoms with Crippen LogP contribution in [-0.2, 0) is 0 Å². The van der Waals surface area contributed by atoms with Gasteiger partial charge in [0.2, 0.25) is 0 Å². The fourth-order valence-electron chi connectivity index (χ4n) is 3.64. The molecule has 1 aliphatic carbocycles. The summed E-state index contributed by atoms with van der Waals surface area (Å²) in [5, 5.41) is 17.7. The first kappa shape index (κ1) is 19.3. The number of ether oxygens (including phenoxy) is 1. The summed E-state index contributed by atoms with van der Waals surface area (Å²) in [4.78, 5) is 15.0. The number of fused-ring (bicyclic) bond motifs is 1. The zero-order valence-corrected chi connectivity index (χ0v) is 15.2. The van der Waals surface area contributed by atoms with Gasteiger partial charge in [0.25, 0.3) is 5.56 Å². The molecule has 0 bridgehead atoms. The lowest BCUT2D eigenvalue weighted by molar-refractivity contribution is -0.274. The molecule has 1 fully saturated rings. The first-order chi connectivity index (χ1) is 13.8. The molecule has 1 aromatic carbocycles. The minimum atomic E-state index is -4.76. The maximum atomic E-state index is 12.4. The van der Waals surface area contributed by atoms with Crippen molar-refractivity contribution in [2.75, 3.05) is 5.32 Å². The molecule has 1 saturated carbocycles. The van der Waals surface area contributed by atoms with Gasteiger partial charge in [-0.1, -0.05) is 0 Å². The van der Waals surface area contributed by atoms with Crippen LogP contribution in [0.3, 0.4) is 0 Å². The second kappa shape index (κ2) is 7.43. The molecular formula is C19H19F3N4O3. The van der Waals surface area contributed by atoms with Gasteiger partial charge in [-0.25, -0.2) is 0 Å². The number of nitrogens with zero attached hydrogens (tertiary/aromatic N) is 2. The van der Waals surface area contributed by atoms with Gasteiger partial charge in [-0.3, -0.25) is 9.48 Å². The molecule has 10 heteroatoms. The van der Waals surface area contributed by atoms with Gasteiger partial charge in [0, 0.05) is 11.9 Å². The number of aliphatic hydroxyl groups is 1. The Bertz CT molecular complexity index is 1050. The number of nitrogens with one attached hydrogen (secondary N) is 2. The van der Waals surface area contributed by atoms with E-state index in [4.69, 9.17) is 0 Å². The van der Waals surface area contributed by atoms with E-state index in [1.807, 2.05) is 0 Å². The van der Waals surface area contributed by atoms with Crippen molar-refractivity contribution in [1.29, 1.82) is 0 Å². The lowest BCUT2D eigenvalue weighted by atomic mass is 9.93. The highest BCUT2D eigenvalue weighted by molar-refractivity contribution is 5.91. The molecule has 0 amide bonds. The molecule has 2 aromatic heterocycles. The topological polar surface area (TPSA) is 92.2 Å². The molecular weight excluding hydrogens is 389 g/mol. The molecule has 3 N–H and O–H groups in total. The summed E-state index contributed by atoms with van der Waals surface area (Å²) >= 11 is 0. The monoisotopic (exact) mass is 408 g/mol. The molecule has 29 heavy (non-hydrogen) atoms. The fraction of sp³-hybridized carbons (Fsp3) is 0.368. The predicted octanol–water partition coefficient (Wildman–Crippen LogP) is 3.84. The number of anilines is 2. The van der Waals surface area contributed by atoms with Crippen LogP contribution < -0.4 is 15.6 Å². The number of aromatic nitrogens is 3. The first-order valence-corrected chi connectivity index (χ1v) is 9.21. The maximum Gasteiger partial charge on any atom is 0.573 e. The van der Waals surface area contributed by atoms with Gasteiger partial charge in [0.1, 0.15) is 11.1 Å². The standard InChI is InChI=1S/C19H19F3N4O3/c20-19(21,22)29-14-7-1-11(2-8-14)24-17-16-15(9-10-23-18(16)28)26(25-17)12-3-5-13(27)6-4-12/h1-2,7-10,12-13,27H,3-6H2,(H,23,28)(H,24,25). The molecule has 7 nitrogen and oxygen atoms in total. The summed E-state index contributed by atoms with van der Waals surface area (Å²) in [6, 6.07) is 7.02. The van der Waals surface area contributed by atoms with E-state index in [0.29, 0.717) is 35.2 Å². The molecule has 3 aromatic rings. The minimum Gasteiger partial charge on any atom is -0.406 e. The van der Waals surface area contributed by atoms with Gasteiger partial charge in [-0.15, -0.1) is 13.2 Å². The Hall–Kier alpha value is -3.01. The number of H-pyrrole nitrogens is 1. The van der Waals surface area contributed by atoms with Crippen molar-refractivity contribution in [1.82, 2.24) is 14.8 Å². The van der Waals surface area contributed by atoms with Crippen molar-refractivity contribution < 1.29 is 23.0 Å². The summed E-state index contributed by atoms with van der Waals surface area (Å²) in [5.41, 5.74) is 0.812. The molecule has 0 atom stereocenters. The summed E-state index contributed by atoms with van der Waals surface area (Å²) < 4.78 is 42.6. The number of rotatable bonds is 4. The van der Waals surface area contributed by atoms with E-state index < -0.39 is 6.36 Å². The van der Waals surface area contributed by atoms with E-state index in [-0.39, 0.29) is 23.5 Å². The Morgan fingerprint density at radius 3 is 2.48 bits per heavy atom. The van der Waals surface area contributed by atoms with Gasteiger partial charge in [0.05, 0.1) is 17.7 Å². The fourth-order valence-corrected chi connectivity index (χ4v) is 3.64. The van der Waals surface area contributed by atoms with E-state index in [2.05, 4.69) is 20.1 Å². The van der Waals surface area contributed by atoms with Crippen LogP contribution >= 0.6 is 0 Å². The van der Waals surface area contributed by atoms with Gasteiger partial charge in [-0.2, -0.15) is 5.10 Å². The van der Waals surface area contributed by atoms with E-state index in [1.165, 1.54) is 24.3 Å². The molecule has 2 heterocycles. The smallest absolute Gasteiger partial charge is 0.406 e. The molecule has 4 rings (SSSR count). The van der Waals surface area contributed by atoms with Crippen molar-refractivity contribution in [3.05, 3.63) is 46.9 Å². The number of hydrogen-bond acceptors (Lipinski definition) is 5. The lowest BCUT2D eigenvalue weighted by Crippen LogP contribution is -2.21. The Morgan fingerprint density at radius 2 is 1.83 bits per heavy atom. The van der Waals surface area contributed by atoms with Crippen LogP contribution in [0.25, 0.3) is 10.9 Å². The summed E-state index contributed by atoms with van der Waals surface area (Å²) in [6.45, 7) is 0. The number of hydrogen-bond donors (Lipinski definition) is 3. The Labute approximate surface area is 163 Å². The number of alkyl halides is 3. The largest absolute Gasteiger partial charge is 0.573 e. The Kier molecular flexibility index (Phi) is 4.95. The summed E-state index contributed by atoms with van der Waals surface area (Å²) in [6.07, 6.45) is -0.705. The van der Waals surface area contributed by atoms with Crippen LogP contribution in [0.1, 0.15) is 31.7 Å². The van der Waals surface area contributed by atoms with E-state index in [9.17, 15) is 23.1 Å². The van der Waals surface area contributed by atoms with Crippen LogP contribution in [0, 0.1) is 0 Å². The van der Waals surface area contributed by atoms with Gasteiger partial charge in [0.15, 0.2) is 5.82 Å². The van der Waals surface area contributed by atoms with Crippen molar-refractivity contribution in [2.24, 2.45) is 0 Å². The molecule has 0 aliphatic heterocycles. The van der Waals surface area contributed by atoms with E-state index >= 15 is 0 Å². The first-order valence-electron chi connectivity index (χ1n) is 9.21. The number of benzene rings is 1. The summed E-state index contributed by atoms with van der Waals surface area (Å²) in [7, 11) is 0. The van der Waals surface area contributed by atoms with Crippen LogP contribution in [0.4, 0.5) is 24.7 Å². The predicted molar refractivity (Wildman–Crippen MR) is 100 cm³/mol. The van der Waals surface area contributed by atoms with Crippen molar-refractivity contribution in [3.63, 3.8) is 0 Å². The van der Waals surface area contributed by atoms with Crippen molar-refractivity contribution in [3.8, 4) is 5.75 Å². The van der Waals surface area contributed by atoms with Crippen LogP contribution in [0.2, 0.25) is 0 Å². The van der Waals surface area contributed by atoms with Gasteiger partial charge < -0.3 is 20.1 Å². The minimum absolute atomic E-state index is 0.0563. The summed E-state index contributed by atoms with van der Waals surface area (Å²) in [5.74, 6) is -0.0190. The highest BCUT2D eigenvalue weighted by Gasteiger charge is 2.31. The number of aromatic amines is 1. The lowest BCUT2D eigenvalue weighted by Gasteiger charge is -2.26. The average Bonchev–Trinajstić information content (AvgIpc) is 3.03. The Morgan fingerprint density at radius 1 is 1.14 bits per heavy atom. The Balaban J connectivity index is 1.64. The average molecular weight is 408 g/mol. The number of pyridine rings is 1. The highest BCUT2D eigenvalue weighted by atomic mass is 19.4. The highest BCUT2D eigenvalue weighted by Crippen LogP contribution is 2.33. The molecule has 1 aliphatic rings. The third-order valence-corrected chi connectivity index (χ3v) is 4.99. The molecule has 0 spiro atoms. The zero-order valence-electron chi connectivity index (χ0n) is 15.2. The molecule has 0 radical (unpaired) electrons. The molecule has 154 valence electrons. The zero-order chi connectivity index (χ0) is 20.6. The number of aliphatic hydroxyl groups excluding tert-OH is 1. The second-order valence-corrected chi connectivity index (χ2v) is 7.02.